The SMILES string of the molecule is Cc1nc2ccccc2nc1N1CCN(C(=O)c2ccc(N3CCOCC3)c([N+](=O)[O-])c2)CC1. The number of rotatable bonds is 4. The van der Waals surface area contributed by atoms with Gasteiger partial charge in [0.15, 0.2) is 5.82 Å². The zero-order valence-electron chi connectivity index (χ0n) is 19.0. The van der Waals surface area contributed by atoms with E-state index in [9.17, 15) is 14.9 Å². The molecule has 0 N–H and O–H groups in total. The van der Waals surface area contributed by atoms with Gasteiger partial charge in [-0.05, 0) is 31.2 Å². The van der Waals surface area contributed by atoms with Gasteiger partial charge in [0.25, 0.3) is 11.6 Å². The average molecular weight is 463 g/mol. The van der Waals surface area contributed by atoms with Crippen molar-refractivity contribution in [2.45, 2.75) is 6.92 Å². The standard InChI is InChI=1S/C24H26N6O4/c1-17-23(26-20-5-3-2-4-19(20)25-17)28-8-10-29(11-9-28)24(31)18-6-7-21(22(16-18)30(32)33)27-12-14-34-15-13-27/h2-7,16H,8-15H2,1H3. The van der Waals surface area contributed by atoms with Crippen molar-refractivity contribution >= 4 is 34.1 Å². The van der Waals surface area contributed by atoms with Crippen LogP contribution in [0.5, 0.6) is 0 Å². The molecule has 2 aliphatic rings. The molecule has 10 nitrogen and oxygen atoms in total. The van der Waals surface area contributed by atoms with Crippen LogP contribution in [-0.2, 0) is 4.74 Å². The normalized spacial score (nSPS) is 16.7. The van der Waals surface area contributed by atoms with Crippen LogP contribution < -0.4 is 9.80 Å². The Bertz CT molecular complexity index is 1240. The van der Waals surface area contributed by atoms with Gasteiger partial charge < -0.3 is 19.4 Å². The summed E-state index contributed by atoms with van der Waals surface area (Å²) in [5.74, 6) is 0.633. The van der Waals surface area contributed by atoms with Crippen LogP contribution >= 0.6 is 0 Å². The van der Waals surface area contributed by atoms with Crippen molar-refractivity contribution in [2.24, 2.45) is 0 Å². The van der Waals surface area contributed by atoms with Crippen LogP contribution in [0.4, 0.5) is 17.2 Å². The minimum absolute atomic E-state index is 0.0477. The molecule has 0 bridgehead atoms. The number of amides is 1. The first-order valence-electron chi connectivity index (χ1n) is 11.4. The third kappa shape index (κ3) is 4.24. The highest BCUT2D eigenvalue weighted by atomic mass is 16.6. The quantitative estimate of drug-likeness (QED) is 0.430. The lowest BCUT2D eigenvalue weighted by atomic mass is 10.1. The van der Waals surface area contributed by atoms with Gasteiger partial charge in [0.2, 0.25) is 0 Å². The van der Waals surface area contributed by atoms with Gasteiger partial charge in [-0.1, -0.05) is 12.1 Å². The minimum atomic E-state index is -0.416. The number of piperazine rings is 1. The number of aromatic nitrogens is 2. The number of carbonyl (C=O) groups excluding carboxylic acids is 1. The van der Waals surface area contributed by atoms with Crippen LogP contribution in [0.3, 0.4) is 0 Å². The molecule has 2 aliphatic heterocycles. The Morgan fingerprint density at radius 3 is 2.29 bits per heavy atom. The molecule has 3 aromatic rings. The molecular weight excluding hydrogens is 436 g/mol. The van der Waals surface area contributed by atoms with Gasteiger partial charge in [-0.25, -0.2) is 9.97 Å². The summed E-state index contributed by atoms with van der Waals surface area (Å²) in [5.41, 5.74) is 3.37. The van der Waals surface area contributed by atoms with Crippen molar-refractivity contribution in [1.29, 1.82) is 0 Å². The second kappa shape index (κ2) is 9.22. The van der Waals surface area contributed by atoms with Gasteiger partial charge in [-0.15, -0.1) is 0 Å². The first-order valence-corrected chi connectivity index (χ1v) is 11.4. The Labute approximate surface area is 196 Å². The molecule has 0 aliphatic carbocycles. The summed E-state index contributed by atoms with van der Waals surface area (Å²) in [6.07, 6.45) is 0. The fraction of sp³-hybridized carbons (Fsp3) is 0.375. The number of para-hydroxylation sites is 2. The number of nitro groups is 1. The van der Waals surface area contributed by atoms with Crippen LogP contribution in [0.25, 0.3) is 11.0 Å². The van der Waals surface area contributed by atoms with E-state index in [1.165, 1.54) is 6.07 Å². The predicted octanol–water partition coefficient (Wildman–Crippen LogP) is 2.65. The van der Waals surface area contributed by atoms with Crippen molar-refractivity contribution in [3.05, 3.63) is 63.8 Å². The summed E-state index contributed by atoms with van der Waals surface area (Å²) in [4.78, 5) is 39.8. The van der Waals surface area contributed by atoms with E-state index in [1.807, 2.05) is 36.1 Å². The van der Waals surface area contributed by atoms with E-state index in [2.05, 4.69) is 9.88 Å². The van der Waals surface area contributed by atoms with Crippen LogP contribution in [0.2, 0.25) is 0 Å². The summed E-state index contributed by atoms with van der Waals surface area (Å²) in [5, 5.41) is 11.7. The molecule has 1 aromatic heterocycles. The van der Waals surface area contributed by atoms with Crippen LogP contribution in [0.15, 0.2) is 42.5 Å². The summed E-state index contributed by atoms with van der Waals surface area (Å²) < 4.78 is 5.35. The molecule has 3 heterocycles. The van der Waals surface area contributed by atoms with E-state index in [4.69, 9.17) is 9.72 Å². The molecule has 0 atom stereocenters. The number of nitro benzene ring substituents is 1. The molecule has 176 valence electrons. The number of hydrogen-bond acceptors (Lipinski definition) is 8. The first kappa shape index (κ1) is 22.0. The number of fused-ring (bicyclic) bond motifs is 1. The van der Waals surface area contributed by atoms with Crippen LogP contribution in [0.1, 0.15) is 16.1 Å². The smallest absolute Gasteiger partial charge is 0.293 e. The third-order valence-corrected chi connectivity index (χ3v) is 6.36. The van der Waals surface area contributed by atoms with E-state index in [0.29, 0.717) is 63.7 Å². The van der Waals surface area contributed by atoms with Gasteiger partial charge in [0.05, 0.1) is 34.9 Å². The molecule has 10 heteroatoms. The third-order valence-electron chi connectivity index (χ3n) is 6.36. The summed E-state index contributed by atoms with van der Waals surface area (Å²) >= 11 is 0. The van der Waals surface area contributed by atoms with Gasteiger partial charge in [-0.2, -0.15) is 0 Å². The molecular formula is C24H26N6O4. The van der Waals surface area contributed by atoms with E-state index in [0.717, 1.165) is 22.5 Å². The maximum atomic E-state index is 13.2. The van der Waals surface area contributed by atoms with Crippen molar-refractivity contribution in [2.75, 3.05) is 62.3 Å². The number of nitrogens with zero attached hydrogens (tertiary/aromatic N) is 6. The number of morpholine rings is 1. The number of ether oxygens (including phenoxy) is 1. The number of hydrogen-bond donors (Lipinski definition) is 0. The minimum Gasteiger partial charge on any atom is -0.378 e. The predicted molar refractivity (Wildman–Crippen MR) is 129 cm³/mol. The Morgan fingerprint density at radius 1 is 0.941 bits per heavy atom. The van der Waals surface area contributed by atoms with Crippen LogP contribution in [-0.4, -0.2) is 78.2 Å². The largest absolute Gasteiger partial charge is 0.378 e. The Hall–Kier alpha value is -3.79. The molecule has 0 saturated carbocycles. The Morgan fingerprint density at radius 2 is 1.62 bits per heavy atom. The topological polar surface area (TPSA) is 105 Å². The van der Waals surface area contributed by atoms with Crippen molar-refractivity contribution in [3.63, 3.8) is 0 Å². The van der Waals surface area contributed by atoms with Gasteiger partial charge >= 0.3 is 0 Å². The zero-order valence-corrected chi connectivity index (χ0v) is 19.0. The number of aryl methyl sites for hydroxylation is 1. The molecule has 0 radical (unpaired) electrons. The highest BCUT2D eigenvalue weighted by molar-refractivity contribution is 5.96. The fourth-order valence-electron chi connectivity index (χ4n) is 4.56. The molecule has 2 saturated heterocycles. The van der Waals surface area contributed by atoms with Crippen molar-refractivity contribution in [1.82, 2.24) is 14.9 Å². The maximum absolute atomic E-state index is 13.2. The molecule has 5 rings (SSSR count). The lowest BCUT2D eigenvalue weighted by molar-refractivity contribution is -0.384. The number of carbonyl (C=O) groups is 1. The summed E-state index contributed by atoms with van der Waals surface area (Å²) in [6, 6.07) is 12.5. The molecule has 0 spiro atoms. The lowest BCUT2D eigenvalue weighted by Gasteiger charge is -2.36. The highest BCUT2D eigenvalue weighted by Crippen LogP contribution is 2.30. The lowest BCUT2D eigenvalue weighted by Crippen LogP contribution is -2.49. The highest BCUT2D eigenvalue weighted by Gasteiger charge is 2.27. The van der Waals surface area contributed by atoms with E-state index in [1.54, 1.807) is 17.0 Å². The first-order chi connectivity index (χ1) is 16.5. The average Bonchev–Trinajstić information content (AvgIpc) is 2.88. The monoisotopic (exact) mass is 462 g/mol. The number of benzene rings is 2. The maximum Gasteiger partial charge on any atom is 0.293 e. The molecule has 34 heavy (non-hydrogen) atoms. The van der Waals surface area contributed by atoms with Gasteiger partial charge in [0.1, 0.15) is 5.69 Å². The van der Waals surface area contributed by atoms with E-state index in [-0.39, 0.29) is 11.6 Å². The van der Waals surface area contributed by atoms with E-state index < -0.39 is 4.92 Å². The van der Waals surface area contributed by atoms with E-state index >= 15 is 0 Å². The number of anilines is 2. The molecule has 0 unspecified atom stereocenters. The van der Waals surface area contributed by atoms with Gasteiger partial charge in [-0.3, -0.25) is 14.9 Å². The molecule has 2 aromatic carbocycles. The van der Waals surface area contributed by atoms with Crippen molar-refractivity contribution < 1.29 is 14.5 Å². The molecule has 2 fully saturated rings. The van der Waals surface area contributed by atoms with Crippen molar-refractivity contribution in [3.8, 4) is 0 Å². The van der Waals surface area contributed by atoms with Crippen LogP contribution in [0, 0.1) is 17.0 Å². The molecule has 1 amide bonds. The Balaban J connectivity index is 1.31. The Kier molecular flexibility index (Phi) is 5.97. The summed E-state index contributed by atoms with van der Waals surface area (Å²) in [7, 11) is 0. The second-order valence-corrected chi connectivity index (χ2v) is 8.46. The summed E-state index contributed by atoms with van der Waals surface area (Å²) in [6.45, 7) is 6.44. The van der Waals surface area contributed by atoms with Gasteiger partial charge in [0, 0.05) is 50.9 Å². The zero-order chi connectivity index (χ0) is 23.7. The second-order valence-electron chi connectivity index (χ2n) is 8.46. The fourth-order valence-corrected chi connectivity index (χ4v) is 4.56.